The summed E-state index contributed by atoms with van der Waals surface area (Å²) in [5.74, 6) is 0. The summed E-state index contributed by atoms with van der Waals surface area (Å²) in [6.07, 6.45) is 1.24. The first kappa shape index (κ1) is 13.8. The molecule has 0 spiro atoms. The van der Waals surface area contributed by atoms with Crippen LogP contribution in [0.5, 0.6) is 0 Å². The van der Waals surface area contributed by atoms with E-state index >= 15 is 0 Å². The number of rotatable bonds is 4. The largest absolute Gasteiger partial charge is 0.346 e. The fraction of sp³-hybridized carbons (Fsp3) is 0.769. The Morgan fingerprint density at radius 2 is 2.22 bits per heavy atom. The molecular formula is C13H24N4S. The molecular weight excluding hydrogens is 244 g/mol. The minimum absolute atomic E-state index is 0.392. The lowest BCUT2D eigenvalue weighted by atomic mass is 10.2. The van der Waals surface area contributed by atoms with Gasteiger partial charge in [-0.05, 0) is 41.4 Å². The molecule has 4 nitrogen and oxygen atoms in total. The maximum atomic E-state index is 4.74. The number of aromatic nitrogens is 1. The first-order valence-corrected chi connectivity index (χ1v) is 7.40. The van der Waals surface area contributed by atoms with E-state index in [9.17, 15) is 0 Å². The molecule has 1 aromatic heterocycles. The van der Waals surface area contributed by atoms with Crippen LogP contribution in [0.2, 0.25) is 0 Å². The van der Waals surface area contributed by atoms with Gasteiger partial charge in [0.2, 0.25) is 0 Å². The van der Waals surface area contributed by atoms with E-state index in [1.165, 1.54) is 22.1 Å². The number of anilines is 1. The Bertz CT molecular complexity index is 402. The van der Waals surface area contributed by atoms with E-state index in [0.29, 0.717) is 12.1 Å². The van der Waals surface area contributed by atoms with Crippen molar-refractivity contribution in [1.29, 1.82) is 0 Å². The molecule has 2 atom stereocenters. The van der Waals surface area contributed by atoms with Crippen molar-refractivity contribution in [3.05, 3.63) is 10.6 Å². The number of likely N-dealkylation sites (N-methyl/N-ethyl adjacent to an activating group) is 1. The van der Waals surface area contributed by atoms with Gasteiger partial charge in [0.05, 0.1) is 5.69 Å². The van der Waals surface area contributed by atoms with Gasteiger partial charge in [0, 0.05) is 30.1 Å². The first-order valence-electron chi connectivity index (χ1n) is 6.59. The highest BCUT2D eigenvalue weighted by atomic mass is 32.1. The van der Waals surface area contributed by atoms with Gasteiger partial charge in [-0.25, -0.2) is 4.98 Å². The predicted molar refractivity (Wildman–Crippen MR) is 78.6 cm³/mol. The Kier molecular flexibility index (Phi) is 4.25. The molecule has 1 aromatic rings. The van der Waals surface area contributed by atoms with E-state index in [2.05, 4.69) is 43.1 Å². The van der Waals surface area contributed by atoms with Crippen molar-refractivity contribution in [2.45, 2.75) is 32.4 Å². The number of aryl methyl sites for hydroxylation is 1. The standard InChI is InChI=1S/C13H24N4S/c1-9(14-3)12-10(2)15-13(18-12)17-7-6-11(8-17)16(4)5/h9,11,14H,6-8H2,1-5H3. The van der Waals surface area contributed by atoms with E-state index < -0.39 is 0 Å². The summed E-state index contributed by atoms with van der Waals surface area (Å²) in [6.45, 7) is 6.54. The number of hydrogen-bond acceptors (Lipinski definition) is 5. The molecule has 102 valence electrons. The summed E-state index contributed by atoms with van der Waals surface area (Å²) in [7, 11) is 6.33. The Morgan fingerprint density at radius 1 is 1.50 bits per heavy atom. The monoisotopic (exact) mass is 268 g/mol. The molecule has 0 aliphatic carbocycles. The Balaban J connectivity index is 2.11. The second kappa shape index (κ2) is 5.55. The van der Waals surface area contributed by atoms with Crippen LogP contribution in [0.4, 0.5) is 5.13 Å². The second-order valence-corrected chi connectivity index (χ2v) is 6.32. The first-order chi connectivity index (χ1) is 8.52. The lowest BCUT2D eigenvalue weighted by Crippen LogP contribution is -2.31. The van der Waals surface area contributed by atoms with E-state index in [1.807, 2.05) is 18.4 Å². The quantitative estimate of drug-likeness (QED) is 0.903. The van der Waals surface area contributed by atoms with Crippen LogP contribution in [0.25, 0.3) is 0 Å². The van der Waals surface area contributed by atoms with Crippen molar-refractivity contribution in [1.82, 2.24) is 15.2 Å². The number of nitrogens with one attached hydrogen (secondary N) is 1. The number of hydrogen-bond donors (Lipinski definition) is 1. The summed E-state index contributed by atoms with van der Waals surface area (Å²) in [6, 6.07) is 1.06. The van der Waals surface area contributed by atoms with Crippen LogP contribution in [0.3, 0.4) is 0 Å². The highest BCUT2D eigenvalue weighted by molar-refractivity contribution is 7.15. The maximum absolute atomic E-state index is 4.74. The zero-order valence-corrected chi connectivity index (χ0v) is 12.8. The van der Waals surface area contributed by atoms with Crippen molar-refractivity contribution in [2.24, 2.45) is 0 Å². The average Bonchev–Trinajstić information content (AvgIpc) is 2.94. The SMILES string of the molecule is CNC(C)c1sc(N2CCC(N(C)C)C2)nc1C. The lowest BCUT2D eigenvalue weighted by molar-refractivity contribution is 0.315. The van der Waals surface area contributed by atoms with E-state index in [-0.39, 0.29) is 0 Å². The van der Waals surface area contributed by atoms with Gasteiger partial charge in [0.25, 0.3) is 0 Å². The fourth-order valence-corrected chi connectivity index (χ4v) is 3.56. The summed E-state index contributed by atoms with van der Waals surface area (Å²) >= 11 is 1.84. The molecule has 0 amide bonds. The van der Waals surface area contributed by atoms with E-state index in [0.717, 1.165) is 13.1 Å². The third kappa shape index (κ3) is 2.68. The average molecular weight is 268 g/mol. The minimum Gasteiger partial charge on any atom is -0.346 e. The molecule has 0 radical (unpaired) electrons. The van der Waals surface area contributed by atoms with Gasteiger partial charge < -0.3 is 15.1 Å². The van der Waals surface area contributed by atoms with Crippen molar-refractivity contribution in [3.8, 4) is 0 Å². The molecule has 0 saturated carbocycles. The fourth-order valence-electron chi connectivity index (χ4n) is 2.40. The molecule has 5 heteroatoms. The zero-order chi connectivity index (χ0) is 13.3. The van der Waals surface area contributed by atoms with Crippen LogP contribution in [0.15, 0.2) is 0 Å². The van der Waals surface area contributed by atoms with Gasteiger partial charge >= 0.3 is 0 Å². The normalized spacial score (nSPS) is 21.9. The molecule has 2 heterocycles. The Morgan fingerprint density at radius 3 is 2.78 bits per heavy atom. The Labute approximate surface area is 114 Å². The molecule has 1 aliphatic heterocycles. The van der Waals surface area contributed by atoms with Gasteiger partial charge in [-0.3, -0.25) is 0 Å². The summed E-state index contributed by atoms with van der Waals surface area (Å²) in [5.41, 5.74) is 1.17. The molecule has 1 N–H and O–H groups in total. The second-order valence-electron chi connectivity index (χ2n) is 5.31. The van der Waals surface area contributed by atoms with Crippen molar-refractivity contribution in [2.75, 3.05) is 39.1 Å². The van der Waals surface area contributed by atoms with Crippen molar-refractivity contribution < 1.29 is 0 Å². The minimum atomic E-state index is 0.392. The van der Waals surface area contributed by atoms with Crippen LogP contribution >= 0.6 is 11.3 Å². The van der Waals surface area contributed by atoms with Crippen LogP contribution in [0, 0.1) is 6.92 Å². The highest BCUT2D eigenvalue weighted by Crippen LogP contribution is 2.32. The molecule has 2 rings (SSSR count). The van der Waals surface area contributed by atoms with Gasteiger partial charge in [-0.15, -0.1) is 11.3 Å². The van der Waals surface area contributed by atoms with Crippen molar-refractivity contribution in [3.63, 3.8) is 0 Å². The molecule has 0 aromatic carbocycles. The summed E-state index contributed by atoms with van der Waals surface area (Å²) < 4.78 is 0. The number of nitrogens with zero attached hydrogens (tertiary/aromatic N) is 3. The molecule has 2 unspecified atom stereocenters. The highest BCUT2D eigenvalue weighted by Gasteiger charge is 2.26. The Hall–Kier alpha value is -0.650. The third-order valence-corrected chi connectivity index (χ3v) is 5.21. The topological polar surface area (TPSA) is 31.4 Å². The maximum Gasteiger partial charge on any atom is 0.185 e. The summed E-state index contributed by atoms with van der Waals surface area (Å²) in [5, 5.41) is 4.49. The number of thiazole rings is 1. The molecule has 1 fully saturated rings. The van der Waals surface area contributed by atoms with Gasteiger partial charge in [-0.1, -0.05) is 0 Å². The lowest BCUT2D eigenvalue weighted by Gasteiger charge is -2.19. The smallest absolute Gasteiger partial charge is 0.185 e. The van der Waals surface area contributed by atoms with Crippen LogP contribution in [-0.4, -0.2) is 50.2 Å². The van der Waals surface area contributed by atoms with E-state index in [4.69, 9.17) is 4.98 Å². The van der Waals surface area contributed by atoms with E-state index in [1.54, 1.807) is 0 Å². The zero-order valence-electron chi connectivity index (χ0n) is 12.0. The van der Waals surface area contributed by atoms with Gasteiger partial charge in [0.1, 0.15) is 0 Å². The van der Waals surface area contributed by atoms with Gasteiger partial charge in [-0.2, -0.15) is 0 Å². The van der Waals surface area contributed by atoms with Crippen molar-refractivity contribution >= 4 is 16.5 Å². The molecule has 1 saturated heterocycles. The predicted octanol–water partition coefficient (Wildman–Crippen LogP) is 1.87. The molecule has 0 bridgehead atoms. The van der Waals surface area contributed by atoms with Crippen LogP contribution in [-0.2, 0) is 0 Å². The molecule has 18 heavy (non-hydrogen) atoms. The third-order valence-electron chi connectivity index (χ3n) is 3.81. The summed E-state index contributed by atoms with van der Waals surface area (Å²) in [4.78, 5) is 10.8. The van der Waals surface area contributed by atoms with Crippen LogP contribution < -0.4 is 10.2 Å². The van der Waals surface area contributed by atoms with Gasteiger partial charge in [0.15, 0.2) is 5.13 Å². The van der Waals surface area contributed by atoms with Crippen LogP contribution in [0.1, 0.15) is 30.0 Å². The molecule has 1 aliphatic rings.